The lowest BCUT2D eigenvalue weighted by molar-refractivity contribution is 0.0600. The quantitative estimate of drug-likeness (QED) is 0.858. The maximum Gasteiger partial charge on any atom is 0.337 e. The number of para-hydroxylation sites is 2. The Morgan fingerprint density at radius 3 is 2.39 bits per heavy atom. The van der Waals surface area contributed by atoms with Gasteiger partial charge in [0.1, 0.15) is 5.75 Å². The van der Waals surface area contributed by atoms with E-state index in [2.05, 4.69) is 10.1 Å². The zero-order valence-electron chi connectivity index (χ0n) is 13.3. The number of anilines is 1. The molecule has 0 bridgehead atoms. The van der Waals surface area contributed by atoms with E-state index >= 15 is 0 Å². The number of hydrogen-bond donors (Lipinski definition) is 1. The van der Waals surface area contributed by atoms with E-state index in [9.17, 15) is 9.59 Å². The van der Waals surface area contributed by atoms with Crippen LogP contribution in [0.3, 0.4) is 0 Å². The molecule has 0 atom stereocenters. The third-order valence-electron chi connectivity index (χ3n) is 3.04. The second kappa shape index (κ2) is 7.45. The van der Waals surface area contributed by atoms with E-state index in [1.807, 2.05) is 26.0 Å². The van der Waals surface area contributed by atoms with Crippen molar-refractivity contribution in [1.29, 1.82) is 0 Å². The molecule has 0 aliphatic rings. The highest BCUT2D eigenvalue weighted by Gasteiger charge is 2.13. The van der Waals surface area contributed by atoms with Crippen LogP contribution in [0.5, 0.6) is 5.75 Å². The summed E-state index contributed by atoms with van der Waals surface area (Å²) in [6.07, 6.45) is -0.00398. The Hall–Kier alpha value is -2.82. The number of hydrogen-bond acceptors (Lipinski definition) is 4. The number of methoxy groups -OCH3 is 1. The predicted molar refractivity (Wildman–Crippen MR) is 87.9 cm³/mol. The molecule has 2 aromatic carbocycles. The van der Waals surface area contributed by atoms with Crippen LogP contribution in [-0.4, -0.2) is 25.1 Å². The Bertz CT molecular complexity index is 710. The van der Waals surface area contributed by atoms with Crippen molar-refractivity contribution in [3.8, 4) is 5.75 Å². The smallest absolute Gasteiger partial charge is 0.337 e. The molecule has 0 spiro atoms. The van der Waals surface area contributed by atoms with Gasteiger partial charge in [-0.1, -0.05) is 18.2 Å². The van der Waals surface area contributed by atoms with Crippen molar-refractivity contribution < 1.29 is 19.1 Å². The minimum Gasteiger partial charge on any atom is -0.489 e. The monoisotopic (exact) mass is 313 g/mol. The van der Waals surface area contributed by atoms with E-state index in [1.165, 1.54) is 13.2 Å². The van der Waals surface area contributed by atoms with Crippen LogP contribution in [0.4, 0.5) is 5.69 Å². The summed E-state index contributed by atoms with van der Waals surface area (Å²) in [4.78, 5) is 23.9. The minimum atomic E-state index is -0.483. The third-order valence-corrected chi connectivity index (χ3v) is 3.04. The lowest BCUT2D eigenvalue weighted by Gasteiger charge is -2.15. The van der Waals surface area contributed by atoms with Crippen molar-refractivity contribution in [3.63, 3.8) is 0 Å². The molecule has 23 heavy (non-hydrogen) atoms. The van der Waals surface area contributed by atoms with Gasteiger partial charge in [0.05, 0.1) is 24.5 Å². The lowest BCUT2D eigenvalue weighted by Crippen LogP contribution is -2.15. The molecule has 0 fully saturated rings. The molecule has 5 heteroatoms. The van der Waals surface area contributed by atoms with Gasteiger partial charge in [-0.2, -0.15) is 0 Å². The maximum absolute atomic E-state index is 12.4. The Labute approximate surface area is 135 Å². The van der Waals surface area contributed by atoms with Gasteiger partial charge in [0.15, 0.2) is 0 Å². The fraction of sp³-hybridized carbons (Fsp3) is 0.222. The van der Waals surface area contributed by atoms with Crippen molar-refractivity contribution in [3.05, 3.63) is 59.7 Å². The van der Waals surface area contributed by atoms with Crippen molar-refractivity contribution in [1.82, 2.24) is 0 Å². The van der Waals surface area contributed by atoms with Crippen LogP contribution in [0.1, 0.15) is 34.6 Å². The highest BCUT2D eigenvalue weighted by atomic mass is 16.5. The largest absolute Gasteiger partial charge is 0.489 e. The number of ether oxygens (including phenoxy) is 2. The summed E-state index contributed by atoms with van der Waals surface area (Å²) in [5.74, 6) is -0.210. The SMILES string of the molecule is COC(=O)c1cccc(C(=O)Nc2ccccc2OC(C)C)c1. The number of carbonyl (C=O) groups excluding carboxylic acids is 2. The standard InChI is InChI=1S/C18H19NO4/c1-12(2)23-16-10-5-4-9-15(16)19-17(20)13-7-6-8-14(11-13)18(21)22-3/h4-12H,1-3H3,(H,19,20). The first-order chi connectivity index (χ1) is 11.0. The van der Waals surface area contributed by atoms with E-state index in [0.717, 1.165) is 0 Å². The minimum absolute atomic E-state index is 0.00398. The van der Waals surface area contributed by atoms with Gasteiger partial charge in [0.25, 0.3) is 5.91 Å². The summed E-state index contributed by atoms with van der Waals surface area (Å²) in [6.45, 7) is 3.83. The molecule has 0 saturated heterocycles. The summed E-state index contributed by atoms with van der Waals surface area (Å²) in [5, 5.41) is 2.80. The number of esters is 1. The van der Waals surface area contributed by atoms with Gasteiger partial charge in [-0.3, -0.25) is 4.79 Å². The van der Waals surface area contributed by atoms with Gasteiger partial charge in [0.2, 0.25) is 0 Å². The zero-order valence-corrected chi connectivity index (χ0v) is 13.3. The Morgan fingerprint density at radius 1 is 1.00 bits per heavy atom. The molecular formula is C18H19NO4. The van der Waals surface area contributed by atoms with Crippen LogP contribution in [0.25, 0.3) is 0 Å². The number of carbonyl (C=O) groups is 2. The summed E-state index contributed by atoms with van der Waals surface area (Å²) < 4.78 is 10.3. The first-order valence-corrected chi connectivity index (χ1v) is 7.26. The van der Waals surface area contributed by atoms with Crippen molar-refractivity contribution in [2.75, 3.05) is 12.4 Å². The van der Waals surface area contributed by atoms with E-state index in [-0.39, 0.29) is 12.0 Å². The average Bonchev–Trinajstić information content (AvgIpc) is 2.55. The number of rotatable bonds is 5. The van der Waals surface area contributed by atoms with Gasteiger partial charge in [-0.05, 0) is 44.2 Å². The van der Waals surface area contributed by atoms with Gasteiger partial charge < -0.3 is 14.8 Å². The fourth-order valence-electron chi connectivity index (χ4n) is 2.03. The highest BCUT2D eigenvalue weighted by Crippen LogP contribution is 2.25. The molecule has 2 aromatic rings. The number of nitrogens with one attached hydrogen (secondary N) is 1. The molecule has 2 rings (SSSR count). The van der Waals surface area contributed by atoms with Crippen molar-refractivity contribution in [2.45, 2.75) is 20.0 Å². The second-order valence-electron chi connectivity index (χ2n) is 5.19. The molecule has 0 radical (unpaired) electrons. The number of benzene rings is 2. The number of amides is 1. The fourth-order valence-corrected chi connectivity index (χ4v) is 2.03. The molecule has 0 aliphatic carbocycles. The van der Waals surface area contributed by atoms with E-state index in [0.29, 0.717) is 22.6 Å². The molecule has 1 amide bonds. The van der Waals surface area contributed by atoms with E-state index < -0.39 is 5.97 Å². The van der Waals surface area contributed by atoms with Crippen LogP contribution in [0, 0.1) is 0 Å². The molecular weight excluding hydrogens is 294 g/mol. The van der Waals surface area contributed by atoms with Crippen molar-refractivity contribution >= 4 is 17.6 Å². The van der Waals surface area contributed by atoms with Crippen LogP contribution < -0.4 is 10.1 Å². The van der Waals surface area contributed by atoms with Crippen molar-refractivity contribution in [2.24, 2.45) is 0 Å². The molecule has 0 saturated carbocycles. The van der Waals surface area contributed by atoms with Gasteiger partial charge >= 0.3 is 5.97 Å². The summed E-state index contributed by atoms with van der Waals surface area (Å²) in [7, 11) is 1.30. The molecule has 0 aromatic heterocycles. The Morgan fingerprint density at radius 2 is 1.70 bits per heavy atom. The zero-order chi connectivity index (χ0) is 16.8. The second-order valence-corrected chi connectivity index (χ2v) is 5.19. The van der Waals surface area contributed by atoms with Crippen LogP contribution in [-0.2, 0) is 4.74 Å². The van der Waals surface area contributed by atoms with Crippen LogP contribution in [0.15, 0.2) is 48.5 Å². The van der Waals surface area contributed by atoms with Gasteiger partial charge in [-0.15, -0.1) is 0 Å². The third kappa shape index (κ3) is 4.32. The van der Waals surface area contributed by atoms with Gasteiger partial charge in [0, 0.05) is 5.56 Å². The summed E-state index contributed by atoms with van der Waals surface area (Å²) >= 11 is 0. The molecule has 0 heterocycles. The summed E-state index contributed by atoms with van der Waals surface area (Å²) in [5.41, 5.74) is 1.27. The molecule has 120 valence electrons. The Balaban J connectivity index is 2.21. The Kier molecular flexibility index (Phi) is 5.36. The molecule has 5 nitrogen and oxygen atoms in total. The normalized spacial score (nSPS) is 10.3. The lowest BCUT2D eigenvalue weighted by atomic mass is 10.1. The van der Waals surface area contributed by atoms with Crippen LogP contribution in [0.2, 0.25) is 0 Å². The molecule has 1 N–H and O–H groups in total. The van der Waals surface area contributed by atoms with Crippen LogP contribution >= 0.6 is 0 Å². The predicted octanol–water partition coefficient (Wildman–Crippen LogP) is 3.51. The first-order valence-electron chi connectivity index (χ1n) is 7.26. The maximum atomic E-state index is 12.4. The summed E-state index contributed by atoms with van der Waals surface area (Å²) in [6, 6.07) is 13.6. The molecule has 0 aliphatic heterocycles. The van der Waals surface area contributed by atoms with E-state index in [1.54, 1.807) is 30.3 Å². The topological polar surface area (TPSA) is 64.6 Å². The molecule has 0 unspecified atom stereocenters. The highest BCUT2D eigenvalue weighted by molar-refractivity contribution is 6.06. The average molecular weight is 313 g/mol. The van der Waals surface area contributed by atoms with E-state index in [4.69, 9.17) is 4.74 Å². The van der Waals surface area contributed by atoms with Gasteiger partial charge in [-0.25, -0.2) is 4.79 Å². The first kappa shape index (κ1) is 16.5.